The summed E-state index contributed by atoms with van der Waals surface area (Å²) in [5.74, 6) is 0.268. The zero-order valence-corrected chi connectivity index (χ0v) is 16.6. The number of hydrogen-bond acceptors (Lipinski definition) is 5. The molecule has 0 aromatic heterocycles. The van der Waals surface area contributed by atoms with E-state index < -0.39 is 10.1 Å². The van der Waals surface area contributed by atoms with Crippen molar-refractivity contribution in [2.75, 3.05) is 0 Å². The molecule has 99 valence electrons. The van der Waals surface area contributed by atoms with Gasteiger partial charge in [-0.05, 0) is 0 Å². The van der Waals surface area contributed by atoms with Crippen molar-refractivity contribution in [2.45, 2.75) is 4.90 Å². The van der Waals surface area contributed by atoms with Crippen LogP contribution in [0.3, 0.4) is 0 Å². The molecule has 0 unspecified atom stereocenters. The molecule has 8 heteroatoms. The molecule has 0 aliphatic carbocycles. The number of azo groups is 1. The fraction of sp³-hybridized carbons (Fsp3) is 0. The van der Waals surface area contributed by atoms with E-state index in [0.717, 1.165) is 3.07 Å². The number of phenolic OH excluding ortho intramolecular Hbond substituents is 1. The Balaban J connectivity index is 2.21. The first kappa shape index (κ1) is 15.1. The molecule has 0 amide bonds. The molecule has 2 rings (SSSR count). The molecule has 0 heterocycles. The Kier molecular flexibility index (Phi) is 4.51. The van der Waals surface area contributed by atoms with Crippen LogP contribution in [-0.4, -0.2) is 18.1 Å². The summed E-state index contributed by atoms with van der Waals surface area (Å²) in [5.41, 5.74) is 1.08. The van der Waals surface area contributed by atoms with Gasteiger partial charge in [0.15, 0.2) is 0 Å². The molecule has 2 aromatic rings. The Morgan fingerprint density at radius 3 is 2.05 bits per heavy atom. The zero-order chi connectivity index (χ0) is 14.8. The Labute approximate surface area is 131 Å². The van der Waals surface area contributed by atoms with Crippen molar-refractivity contribution >= 4 is 24.6 Å². The van der Waals surface area contributed by atoms with E-state index in [-0.39, 0.29) is 36.8 Å². The Morgan fingerprint density at radius 1 is 0.950 bits per heavy atom. The third kappa shape index (κ3) is 3.84. The van der Waals surface area contributed by atoms with Crippen molar-refractivity contribution in [3.63, 3.8) is 0 Å². The van der Waals surface area contributed by atoms with Gasteiger partial charge in [-0.15, -0.1) is 0 Å². The fourth-order valence-electron chi connectivity index (χ4n) is 1.43. The minimum absolute atomic E-state index is 0.190. The molecular formula is C12H9HgN2O4S. The van der Waals surface area contributed by atoms with Gasteiger partial charge in [0, 0.05) is 0 Å². The summed E-state index contributed by atoms with van der Waals surface area (Å²) >= 11 is 0.281. The summed E-state index contributed by atoms with van der Waals surface area (Å²) in [7, 11) is -4.19. The summed E-state index contributed by atoms with van der Waals surface area (Å²) in [5, 5.41) is 17.4. The second-order valence-electron chi connectivity index (χ2n) is 3.98. The summed E-state index contributed by atoms with van der Waals surface area (Å²) in [6, 6.07) is 10.4. The molecule has 2 aromatic carbocycles. The Bertz CT molecular complexity index is 758. The molecule has 0 atom stereocenters. The maximum absolute atomic E-state index is 10.9. The molecule has 2 N–H and O–H groups in total. The number of aromatic hydroxyl groups is 1. The third-order valence-corrected chi connectivity index (χ3v) is 5.55. The van der Waals surface area contributed by atoms with E-state index in [1.54, 1.807) is 18.2 Å². The summed E-state index contributed by atoms with van der Waals surface area (Å²) in [4.78, 5) is -0.190. The predicted molar refractivity (Wildman–Crippen MR) is 68.2 cm³/mol. The van der Waals surface area contributed by atoms with Crippen LogP contribution in [0.2, 0.25) is 0 Å². The summed E-state index contributed by atoms with van der Waals surface area (Å²) in [6.45, 7) is 0. The van der Waals surface area contributed by atoms with Gasteiger partial charge in [0.05, 0.1) is 0 Å². The molecule has 0 aliphatic heterocycles. The van der Waals surface area contributed by atoms with Crippen LogP contribution in [0.1, 0.15) is 0 Å². The third-order valence-electron chi connectivity index (χ3n) is 2.48. The molecule has 0 radical (unpaired) electrons. The molecule has 20 heavy (non-hydrogen) atoms. The van der Waals surface area contributed by atoms with E-state index >= 15 is 0 Å². The second kappa shape index (κ2) is 5.98. The van der Waals surface area contributed by atoms with E-state index in [1.165, 1.54) is 24.3 Å². The van der Waals surface area contributed by atoms with Gasteiger partial charge in [-0.3, -0.25) is 0 Å². The first-order valence-corrected chi connectivity index (χ1v) is 9.69. The van der Waals surface area contributed by atoms with Gasteiger partial charge in [-0.25, -0.2) is 0 Å². The maximum atomic E-state index is 10.9. The van der Waals surface area contributed by atoms with Gasteiger partial charge in [0.1, 0.15) is 0 Å². The topological polar surface area (TPSA) is 99.3 Å². The van der Waals surface area contributed by atoms with E-state index in [1.807, 2.05) is 0 Å². The van der Waals surface area contributed by atoms with Crippen LogP contribution in [0.4, 0.5) is 11.4 Å². The van der Waals surface area contributed by atoms with Gasteiger partial charge < -0.3 is 0 Å². The second-order valence-corrected chi connectivity index (χ2v) is 8.37. The van der Waals surface area contributed by atoms with Crippen LogP contribution in [0.15, 0.2) is 57.6 Å². The number of phenols is 1. The van der Waals surface area contributed by atoms with E-state index in [4.69, 9.17) is 4.55 Å². The van der Waals surface area contributed by atoms with E-state index in [2.05, 4.69) is 10.2 Å². The zero-order valence-electron chi connectivity index (χ0n) is 10.3. The molecule has 0 spiro atoms. The number of rotatable bonds is 3. The fourth-order valence-corrected chi connectivity index (χ4v) is 3.19. The van der Waals surface area contributed by atoms with Crippen LogP contribution < -0.4 is 3.07 Å². The van der Waals surface area contributed by atoms with Gasteiger partial charge in [-0.1, -0.05) is 0 Å². The number of nitrogens with zero attached hydrogens (tertiary/aromatic N) is 2. The van der Waals surface area contributed by atoms with Gasteiger partial charge in [0.2, 0.25) is 0 Å². The first-order valence-electron chi connectivity index (χ1n) is 5.50. The van der Waals surface area contributed by atoms with Crippen LogP contribution in [0, 0.1) is 0 Å². The van der Waals surface area contributed by atoms with Crippen molar-refractivity contribution in [3.05, 3.63) is 42.5 Å². The molecule has 0 aliphatic rings. The van der Waals surface area contributed by atoms with Crippen molar-refractivity contribution < 1.29 is 44.2 Å². The summed E-state index contributed by atoms with van der Waals surface area (Å²) < 4.78 is 31.5. The average Bonchev–Trinajstić information content (AvgIpc) is 2.40. The molecule has 0 bridgehead atoms. The average molecular weight is 478 g/mol. The molecule has 0 saturated carbocycles. The normalized spacial score (nSPS) is 11.9. The van der Waals surface area contributed by atoms with Crippen LogP contribution in [-0.2, 0) is 36.2 Å². The van der Waals surface area contributed by atoms with Crippen molar-refractivity contribution in [2.24, 2.45) is 10.2 Å². The molecule has 6 nitrogen and oxygen atoms in total. The van der Waals surface area contributed by atoms with E-state index in [9.17, 15) is 13.5 Å². The summed E-state index contributed by atoms with van der Waals surface area (Å²) in [6.07, 6.45) is 0. The van der Waals surface area contributed by atoms with E-state index in [0.29, 0.717) is 11.4 Å². The van der Waals surface area contributed by atoms with Crippen LogP contribution in [0.25, 0.3) is 0 Å². The molecule has 0 saturated heterocycles. The monoisotopic (exact) mass is 479 g/mol. The van der Waals surface area contributed by atoms with Crippen molar-refractivity contribution in [1.29, 1.82) is 0 Å². The van der Waals surface area contributed by atoms with Crippen LogP contribution in [0.5, 0.6) is 5.75 Å². The number of benzene rings is 2. The standard InChI is InChI=1S/C12H9N2O4S.Hg/c15-11-5-1-9(2-6-11)13-14-10-3-7-12(8-4-10)19(16,17)18;/h1-5,7-8,15H,(H,16,17,18);. The number of hydrogen-bond donors (Lipinski definition) is 2. The molecule has 0 fully saturated rings. The van der Waals surface area contributed by atoms with Gasteiger partial charge in [-0.2, -0.15) is 0 Å². The minimum atomic E-state index is -4.19. The van der Waals surface area contributed by atoms with Gasteiger partial charge in [0.25, 0.3) is 0 Å². The van der Waals surface area contributed by atoms with Gasteiger partial charge >= 0.3 is 132 Å². The van der Waals surface area contributed by atoms with Crippen molar-refractivity contribution in [3.8, 4) is 5.75 Å². The Morgan fingerprint density at radius 2 is 1.50 bits per heavy atom. The van der Waals surface area contributed by atoms with Crippen LogP contribution >= 0.6 is 0 Å². The molecular weight excluding hydrogens is 469 g/mol. The first-order chi connectivity index (χ1) is 9.36. The Hall–Kier alpha value is -1.31. The quantitative estimate of drug-likeness (QED) is 0.402. The van der Waals surface area contributed by atoms with Crippen molar-refractivity contribution in [1.82, 2.24) is 0 Å². The predicted octanol–water partition coefficient (Wildman–Crippen LogP) is 2.23. The SMILES string of the molecule is O=S(=O)(O)c1ccc(N=Nc2ccc(O)[c]([Hg])c2)cc1.